The first kappa shape index (κ1) is 15.7. The summed E-state index contributed by atoms with van der Waals surface area (Å²) in [7, 11) is 0. The lowest BCUT2D eigenvalue weighted by molar-refractivity contribution is -0.202. The predicted molar refractivity (Wildman–Crippen MR) is 88.8 cm³/mol. The van der Waals surface area contributed by atoms with E-state index in [1.54, 1.807) is 0 Å². The zero-order chi connectivity index (χ0) is 16.6. The molecule has 0 aliphatic heterocycles. The molecule has 3 nitrogen and oxygen atoms in total. The van der Waals surface area contributed by atoms with Crippen LogP contribution in [0.3, 0.4) is 0 Å². The molecule has 6 atom stereocenters. The number of carbonyl (C=O) groups is 1. The second kappa shape index (κ2) is 4.62. The standard InChI is InChI=1S/C20H30O3/c1-12-13-5-6-15-19(11-13,16(12)21)10-7-14-18(2,3)8-4-9-20(14,15)17(22)23/h13-16,21H,1,4-11H2,2-3H3,(H,22,23)/t13-,14-,15-,16-,19-,20+/m1/s1. The van der Waals surface area contributed by atoms with Gasteiger partial charge in [-0.2, -0.15) is 0 Å². The van der Waals surface area contributed by atoms with Crippen molar-refractivity contribution >= 4 is 5.97 Å². The number of rotatable bonds is 1. The molecule has 3 heteroatoms. The fourth-order valence-corrected chi connectivity index (χ4v) is 7.52. The van der Waals surface area contributed by atoms with E-state index < -0.39 is 17.5 Å². The number of aliphatic carboxylic acids is 1. The molecule has 0 radical (unpaired) electrons. The molecule has 2 bridgehead atoms. The number of hydrogen-bond acceptors (Lipinski definition) is 2. The molecule has 23 heavy (non-hydrogen) atoms. The SMILES string of the molecule is C=C1[C@@H]2CC[C@@H]3[C@@](CC[C@@H]4C(C)(C)CCC[C@]43C(=O)O)(C2)[C@@H]1O. The third-order valence-electron chi connectivity index (χ3n) is 8.44. The molecule has 0 aromatic carbocycles. The molecule has 4 aliphatic carbocycles. The molecule has 0 amide bonds. The van der Waals surface area contributed by atoms with Crippen LogP contribution >= 0.6 is 0 Å². The molecule has 4 aliphatic rings. The van der Waals surface area contributed by atoms with Crippen LogP contribution in [-0.4, -0.2) is 22.3 Å². The fraction of sp³-hybridized carbons (Fsp3) is 0.850. The van der Waals surface area contributed by atoms with E-state index in [4.69, 9.17) is 0 Å². The average Bonchev–Trinajstić information content (AvgIpc) is 2.67. The maximum Gasteiger partial charge on any atom is 0.310 e. The van der Waals surface area contributed by atoms with Crippen LogP contribution in [0.25, 0.3) is 0 Å². The summed E-state index contributed by atoms with van der Waals surface area (Å²) in [6.45, 7) is 8.70. The minimum atomic E-state index is -0.628. The molecule has 4 fully saturated rings. The maximum absolute atomic E-state index is 12.6. The number of carboxylic acid groups (broad SMARTS) is 1. The lowest BCUT2D eigenvalue weighted by Gasteiger charge is -2.63. The first-order chi connectivity index (χ1) is 10.8. The van der Waals surface area contributed by atoms with Crippen molar-refractivity contribution in [1.82, 2.24) is 0 Å². The van der Waals surface area contributed by atoms with Crippen molar-refractivity contribution in [1.29, 1.82) is 0 Å². The fourth-order valence-electron chi connectivity index (χ4n) is 7.52. The predicted octanol–water partition coefficient (Wildman–Crippen LogP) is 4.01. The van der Waals surface area contributed by atoms with E-state index in [9.17, 15) is 15.0 Å². The summed E-state index contributed by atoms with van der Waals surface area (Å²) in [6, 6.07) is 0. The third-order valence-corrected chi connectivity index (χ3v) is 8.44. The molecule has 0 unspecified atom stereocenters. The van der Waals surface area contributed by atoms with Gasteiger partial charge in [-0.1, -0.05) is 26.8 Å². The van der Waals surface area contributed by atoms with Gasteiger partial charge in [-0.3, -0.25) is 4.79 Å². The molecule has 128 valence electrons. The Balaban J connectivity index is 1.85. The van der Waals surface area contributed by atoms with Crippen LogP contribution in [0.5, 0.6) is 0 Å². The summed E-state index contributed by atoms with van der Waals surface area (Å²) >= 11 is 0. The van der Waals surface area contributed by atoms with Gasteiger partial charge in [0.05, 0.1) is 11.5 Å². The van der Waals surface area contributed by atoms with Crippen molar-refractivity contribution in [3.05, 3.63) is 12.2 Å². The van der Waals surface area contributed by atoms with E-state index in [2.05, 4.69) is 20.4 Å². The molecule has 0 aromatic rings. The molecule has 0 saturated heterocycles. The zero-order valence-corrected chi connectivity index (χ0v) is 14.5. The zero-order valence-electron chi connectivity index (χ0n) is 14.5. The first-order valence-corrected chi connectivity index (χ1v) is 9.36. The van der Waals surface area contributed by atoms with Gasteiger partial charge < -0.3 is 10.2 Å². The van der Waals surface area contributed by atoms with E-state index in [0.29, 0.717) is 5.92 Å². The Morgan fingerprint density at radius 3 is 2.57 bits per heavy atom. The quantitative estimate of drug-likeness (QED) is 0.718. The Morgan fingerprint density at radius 2 is 1.87 bits per heavy atom. The molecule has 4 rings (SSSR count). The number of hydrogen-bond donors (Lipinski definition) is 2. The molecular formula is C20H30O3. The van der Waals surface area contributed by atoms with Gasteiger partial charge in [-0.05, 0) is 73.7 Å². The van der Waals surface area contributed by atoms with E-state index >= 15 is 0 Å². The number of fused-ring (bicyclic) bond motifs is 3. The largest absolute Gasteiger partial charge is 0.481 e. The van der Waals surface area contributed by atoms with Gasteiger partial charge in [0, 0.05) is 5.41 Å². The van der Waals surface area contributed by atoms with Gasteiger partial charge in [0.25, 0.3) is 0 Å². The summed E-state index contributed by atoms with van der Waals surface area (Å²) < 4.78 is 0. The van der Waals surface area contributed by atoms with Crippen molar-refractivity contribution in [3.63, 3.8) is 0 Å². The van der Waals surface area contributed by atoms with Gasteiger partial charge >= 0.3 is 5.97 Å². The van der Waals surface area contributed by atoms with Crippen molar-refractivity contribution in [3.8, 4) is 0 Å². The van der Waals surface area contributed by atoms with Gasteiger partial charge in [0.1, 0.15) is 0 Å². The second-order valence-electron chi connectivity index (χ2n) is 9.52. The average molecular weight is 318 g/mol. The third kappa shape index (κ3) is 1.72. The molecule has 0 heterocycles. The summed E-state index contributed by atoms with van der Waals surface area (Å²) in [5, 5.41) is 21.3. The van der Waals surface area contributed by atoms with Crippen molar-refractivity contribution < 1.29 is 15.0 Å². The minimum Gasteiger partial charge on any atom is -0.481 e. The molecule has 1 spiro atoms. The lowest BCUT2D eigenvalue weighted by Crippen LogP contribution is -2.62. The minimum absolute atomic E-state index is 0.0929. The highest BCUT2D eigenvalue weighted by atomic mass is 16.4. The van der Waals surface area contributed by atoms with E-state index in [0.717, 1.165) is 56.9 Å². The van der Waals surface area contributed by atoms with Crippen LogP contribution in [-0.2, 0) is 4.79 Å². The second-order valence-corrected chi connectivity index (χ2v) is 9.52. The Hall–Kier alpha value is -0.830. The van der Waals surface area contributed by atoms with Crippen molar-refractivity contribution in [2.24, 2.45) is 34.0 Å². The summed E-state index contributed by atoms with van der Waals surface area (Å²) in [5.41, 5.74) is 0.246. The maximum atomic E-state index is 12.6. The van der Waals surface area contributed by atoms with Crippen molar-refractivity contribution in [2.75, 3.05) is 0 Å². The van der Waals surface area contributed by atoms with Crippen LogP contribution in [0.1, 0.15) is 65.2 Å². The number of aliphatic hydroxyl groups excluding tert-OH is 1. The highest BCUT2D eigenvalue weighted by Gasteiger charge is 2.70. The van der Waals surface area contributed by atoms with Crippen LogP contribution in [0.15, 0.2) is 12.2 Å². The number of aliphatic hydroxyl groups is 1. The van der Waals surface area contributed by atoms with Gasteiger partial charge in [-0.25, -0.2) is 0 Å². The molecule has 4 saturated carbocycles. The summed E-state index contributed by atoms with van der Waals surface area (Å²) in [5.74, 6) is 0.188. The smallest absolute Gasteiger partial charge is 0.310 e. The van der Waals surface area contributed by atoms with Crippen LogP contribution in [0.4, 0.5) is 0 Å². The Bertz CT molecular complexity index is 565. The Morgan fingerprint density at radius 1 is 1.13 bits per heavy atom. The highest BCUT2D eigenvalue weighted by Crippen LogP contribution is 2.72. The van der Waals surface area contributed by atoms with Crippen LogP contribution in [0.2, 0.25) is 0 Å². The monoisotopic (exact) mass is 318 g/mol. The molecule has 2 N–H and O–H groups in total. The number of carboxylic acids is 1. The van der Waals surface area contributed by atoms with Gasteiger partial charge in [0.2, 0.25) is 0 Å². The van der Waals surface area contributed by atoms with E-state index in [-0.39, 0.29) is 22.7 Å². The molecular weight excluding hydrogens is 288 g/mol. The van der Waals surface area contributed by atoms with E-state index in [1.807, 2.05) is 0 Å². The highest BCUT2D eigenvalue weighted by molar-refractivity contribution is 5.76. The van der Waals surface area contributed by atoms with Crippen LogP contribution < -0.4 is 0 Å². The Kier molecular flexibility index (Phi) is 3.15. The van der Waals surface area contributed by atoms with Crippen molar-refractivity contribution in [2.45, 2.75) is 71.3 Å². The first-order valence-electron chi connectivity index (χ1n) is 9.36. The topological polar surface area (TPSA) is 57.5 Å². The van der Waals surface area contributed by atoms with Gasteiger partial charge in [-0.15, -0.1) is 0 Å². The lowest BCUT2D eigenvalue weighted by atomic mass is 9.40. The van der Waals surface area contributed by atoms with Gasteiger partial charge in [0.15, 0.2) is 0 Å². The summed E-state index contributed by atoms with van der Waals surface area (Å²) in [6.07, 6.45) is 7.33. The van der Waals surface area contributed by atoms with E-state index in [1.165, 1.54) is 0 Å². The Labute approximate surface area is 139 Å². The normalized spacial score (nSPS) is 51.0. The summed E-state index contributed by atoms with van der Waals surface area (Å²) in [4.78, 5) is 12.6. The molecule has 0 aromatic heterocycles. The van der Waals surface area contributed by atoms with Crippen LogP contribution in [0, 0.1) is 34.0 Å².